The van der Waals surface area contributed by atoms with E-state index in [-0.39, 0.29) is 0 Å². The predicted molar refractivity (Wildman–Crippen MR) is 66.5 cm³/mol. The molecule has 0 aliphatic carbocycles. The molecule has 0 fully saturated rings. The predicted octanol–water partition coefficient (Wildman–Crippen LogP) is 5.13. The van der Waals surface area contributed by atoms with Crippen molar-refractivity contribution in [2.75, 3.05) is 0 Å². The second-order valence-corrected chi connectivity index (χ2v) is 5.84. The van der Waals surface area contributed by atoms with Crippen LogP contribution < -0.4 is 0 Å². The third-order valence-corrected chi connectivity index (χ3v) is 4.20. The average molecular weight is 198 g/mol. The molecular formula is C14H30. The third kappa shape index (κ3) is 3.63. The van der Waals surface area contributed by atoms with Gasteiger partial charge in [-0.25, -0.2) is 0 Å². The third-order valence-electron chi connectivity index (χ3n) is 4.20. The first kappa shape index (κ1) is 14.0. The Balaban J connectivity index is 4.57. The van der Waals surface area contributed by atoms with Crippen molar-refractivity contribution in [1.82, 2.24) is 0 Å². The van der Waals surface area contributed by atoms with Crippen LogP contribution in [0.25, 0.3) is 0 Å². The van der Waals surface area contributed by atoms with Crippen molar-refractivity contribution in [2.45, 2.75) is 67.7 Å². The molecule has 0 bridgehead atoms. The highest BCUT2D eigenvalue weighted by Gasteiger charge is 2.32. The normalized spacial score (nSPS) is 17.1. The molecule has 14 heavy (non-hydrogen) atoms. The number of rotatable bonds is 6. The Morgan fingerprint density at radius 1 is 1.00 bits per heavy atom. The van der Waals surface area contributed by atoms with Gasteiger partial charge in [0.05, 0.1) is 0 Å². The minimum absolute atomic E-state index is 0.514. The van der Waals surface area contributed by atoms with E-state index in [1.54, 1.807) is 0 Å². The van der Waals surface area contributed by atoms with Crippen molar-refractivity contribution < 1.29 is 0 Å². The molecule has 2 atom stereocenters. The molecule has 0 aromatic rings. The quantitative estimate of drug-likeness (QED) is 0.555. The summed E-state index contributed by atoms with van der Waals surface area (Å²) in [6.45, 7) is 16.7. The van der Waals surface area contributed by atoms with Crippen LogP contribution in [0.15, 0.2) is 0 Å². The summed E-state index contributed by atoms with van der Waals surface area (Å²) in [6, 6.07) is 0. The molecule has 2 unspecified atom stereocenters. The lowest BCUT2D eigenvalue weighted by Gasteiger charge is -2.39. The molecule has 0 aromatic carbocycles. The van der Waals surface area contributed by atoms with E-state index < -0.39 is 0 Å². The summed E-state index contributed by atoms with van der Waals surface area (Å²) in [6.07, 6.45) is 4.01. The molecular weight excluding hydrogens is 168 g/mol. The zero-order chi connectivity index (χ0) is 11.4. The SMILES string of the molecule is CCCC(C(C)C(C)C)C(C)(C)CC. The summed E-state index contributed by atoms with van der Waals surface area (Å²) in [5.74, 6) is 2.56. The maximum Gasteiger partial charge on any atom is -0.0326 e. The van der Waals surface area contributed by atoms with Crippen molar-refractivity contribution in [3.05, 3.63) is 0 Å². The van der Waals surface area contributed by atoms with Gasteiger partial charge in [0.2, 0.25) is 0 Å². The van der Waals surface area contributed by atoms with Gasteiger partial charge in [0.15, 0.2) is 0 Å². The average Bonchev–Trinajstić information content (AvgIpc) is 2.12. The van der Waals surface area contributed by atoms with Gasteiger partial charge in [0.25, 0.3) is 0 Å². The second-order valence-electron chi connectivity index (χ2n) is 5.84. The molecule has 0 saturated carbocycles. The van der Waals surface area contributed by atoms with Crippen LogP contribution in [-0.2, 0) is 0 Å². The van der Waals surface area contributed by atoms with Crippen molar-refractivity contribution in [3.8, 4) is 0 Å². The first-order valence-electron chi connectivity index (χ1n) is 6.36. The van der Waals surface area contributed by atoms with E-state index in [1.807, 2.05) is 0 Å². The Labute approximate surface area is 91.5 Å². The first-order valence-corrected chi connectivity index (χ1v) is 6.36. The molecule has 0 amide bonds. The second kappa shape index (κ2) is 5.78. The van der Waals surface area contributed by atoms with E-state index in [0.717, 1.165) is 17.8 Å². The fourth-order valence-electron chi connectivity index (χ4n) is 2.40. The highest BCUT2D eigenvalue weighted by Crippen LogP contribution is 2.41. The van der Waals surface area contributed by atoms with Gasteiger partial charge in [0, 0.05) is 0 Å². The summed E-state index contributed by atoms with van der Waals surface area (Å²) in [5, 5.41) is 0. The van der Waals surface area contributed by atoms with Crippen LogP contribution in [0.1, 0.15) is 67.7 Å². The summed E-state index contributed by atoms with van der Waals surface area (Å²) in [4.78, 5) is 0. The standard InChI is InChI=1S/C14H30/c1-8-10-13(12(5)11(3)4)14(6,7)9-2/h11-13H,8-10H2,1-7H3. The molecule has 86 valence electrons. The van der Waals surface area contributed by atoms with Crippen molar-refractivity contribution >= 4 is 0 Å². The Hall–Kier alpha value is 0. The van der Waals surface area contributed by atoms with Crippen molar-refractivity contribution in [2.24, 2.45) is 23.2 Å². The van der Waals surface area contributed by atoms with Gasteiger partial charge in [0.1, 0.15) is 0 Å². The minimum Gasteiger partial charge on any atom is -0.0654 e. The molecule has 0 nitrogen and oxygen atoms in total. The lowest BCUT2D eigenvalue weighted by atomic mass is 9.66. The van der Waals surface area contributed by atoms with Crippen LogP contribution in [0, 0.1) is 23.2 Å². The molecule has 0 spiro atoms. The summed E-state index contributed by atoms with van der Waals surface area (Å²) in [5.41, 5.74) is 0.514. The lowest BCUT2D eigenvalue weighted by Crippen LogP contribution is -2.31. The minimum atomic E-state index is 0.514. The monoisotopic (exact) mass is 198 g/mol. The summed E-state index contributed by atoms with van der Waals surface area (Å²) >= 11 is 0. The molecule has 0 radical (unpaired) electrons. The van der Waals surface area contributed by atoms with Crippen LogP contribution in [0.4, 0.5) is 0 Å². The molecule has 0 aromatic heterocycles. The zero-order valence-electron chi connectivity index (χ0n) is 11.4. The van der Waals surface area contributed by atoms with Gasteiger partial charge < -0.3 is 0 Å². The van der Waals surface area contributed by atoms with E-state index >= 15 is 0 Å². The Bertz CT molecular complexity index is 144. The zero-order valence-corrected chi connectivity index (χ0v) is 11.4. The van der Waals surface area contributed by atoms with Gasteiger partial charge in [-0.1, -0.05) is 61.3 Å². The molecule has 0 aliphatic heterocycles. The first-order chi connectivity index (χ1) is 6.36. The molecule has 0 rings (SSSR count). The maximum atomic E-state index is 2.44. The van der Waals surface area contributed by atoms with E-state index in [9.17, 15) is 0 Å². The molecule has 0 aliphatic rings. The fourth-order valence-corrected chi connectivity index (χ4v) is 2.40. The van der Waals surface area contributed by atoms with E-state index in [1.165, 1.54) is 19.3 Å². The smallest absolute Gasteiger partial charge is 0.0326 e. The summed E-state index contributed by atoms with van der Waals surface area (Å²) < 4.78 is 0. The van der Waals surface area contributed by atoms with Gasteiger partial charge in [-0.05, 0) is 29.6 Å². The van der Waals surface area contributed by atoms with E-state index in [4.69, 9.17) is 0 Å². The summed E-state index contributed by atoms with van der Waals surface area (Å²) in [7, 11) is 0. The van der Waals surface area contributed by atoms with E-state index in [0.29, 0.717) is 5.41 Å². The Kier molecular flexibility index (Phi) is 5.78. The van der Waals surface area contributed by atoms with E-state index in [2.05, 4.69) is 48.5 Å². The van der Waals surface area contributed by atoms with Crippen LogP contribution in [0.2, 0.25) is 0 Å². The van der Waals surface area contributed by atoms with Crippen LogP contribution >= 0.6 is 0 Å². The van der Waals surface area contributed by atoms with Gasteiger partial charge in [-0.3, -0.25) is 0 Å². The molecule has 0 N–H and O–H groups in total. The van der Waals surface area contributed by atoms with Gasteiger partial charge >= 0.3 is 0 Å². The van der Waals surface area contributed by atoms with Crippen molar-refractivity contribution in [1.29, 1.82) is 0 Å². The van der Waals surface area contributed by atoms with Crippen molar-refractivity contribution in [3.63, 3.8) is 0 Å². The molecule has 0 saturated heterocycles. The highest BCUT2D eigenvalue weighted by molar-refractivity contribution is 4.82. The highest BCUT2D eigenvalue weighted by atomic mass is 14.4. The van der Waals surface area contributed by atoms with Gasteiger partial charge in [-0.2, -0.15) is 0 Å². The van der Waals surface area contributed by atoms with Crippen LogP contribution in [-0.4, -0.2) is 0 Å². The topological polar surface area (TPSA) is 0 Å². The van der Waals surface area contributed by atoms with Crippen LogP contribution in [0.3, 0.4) is 0 Å². The molecule has 0 heteroatoms. The number of hydrogen-bond acceptors (Lipinski definition) is 0. The van der Waals surface area contributed by atoms with Crippen LogP contribution in [0.5, 0.6) is 0 Å². The maximum absolute atomic E-state index is 2.44. The largest absolute Gasteiger partial charge is 0.0654 e. The fraction of sp³-hybridized carbons (Fsp3) is 1.00. The molecule has 0 heterocycles. The Morgan fingerprint density at radius 2 is 1.50 bits per heavy atom. The number of hydrogen-bond donors (Lipinski definition) is 0. The van der Waals surface area contributed by atoms with Gasteiger partial charge in [-0.15, -0.1) is 0 Å². The lowest BCUT2D eigenvalue weighted by molar-refractivity contribution is 0.102. The Morgan fingerprint density at radius 3 is 1.79 bits per heavy atom.